The van der Waals surface area contributed by atoms with E-state index in [-0.39, 0.29) is 5.91 Å². The van der Waals surface area contributed by atoms with E-state index in [0.29, 0.717) is 0 Å². The van der Waals surface area contributed by atoms with Crippen molar-refractivity contribution >= 4 is 28.8 Å². The second-order valence-corrected chi connectivity index (χ2v) is 5.81. The zero-order valence-electron chi connectivity index (χ0n) is 10.1. The Balaban J connectivity index is 2.41. The van der Waals surface area contributed by atoms with Crippen molar-refractivity contribution in [1.82, 2.24) is 10.9 Å². The summed E-state index contributed by atoms with van der Waals surface area (Å²) < 4.78 is 0. The van der Waals surface area contributed by atoms with Crippen LogP contribution in [0.5, 0.6) is 0 Å². The standard InChI is InChI=1S/C12H17ClN2OS/c1-8-7-17-10(9(8)13)12(5-3-4-6-12)11(16)15-14-2/h7,14H,3-6H2,1-2H3,(H,15,16). The van der Waals surface area contributed by atoms with E-state index in [1.54, 1.807) is 18.4 Å². The lowest BCUT2D eigenvalue weighted by molar-refractivity contribution is -0.127. The third kappa shape index (κ3) is 2.09. The summed E-state index contributed by atoms with van der Waals surface area (Å²) in [6.07, 6.45) is 3.95. The molecule has 0 saturated heterocycles. The molecule has 0 aliphatic heterocycles. The second-order valence-electron chi connectivity index (χ2n) is 4.56. The first-order valence-corrected chi connectivity index (χ1v) is 7.09. The van der Waals surface area contributed by atoms with E-state index in [9.17, 15) is 4.79 Å². The predicted molar refractivity (Wildman–Crippen MR) is 71.4 cm³/mol. The molecular weight excluding hydrogens is 256 g/mol. The summed E-state index contributed by atoms with van der Waals surface area (Å²) in [5.74, 6) is 0.0428. The second kappa shape index (κ2) is 4.96. The topological polar surface area (TPSA) is 41.1 Å². The van der Waals surface area contributed by atoms with Crippen molar-refractivity contribution in [2.24, 2.45) is 0 Å². The SMILES string of the molecule is CNNC(=O)C1(c2scc(C)c2Cl)CCCC1. The molecule has 94 valence electrons. The van der Waals surface area contributed by atoms with Gasteiger partial charge in [0, 0.05) is 11.9 Å². The monoisotopic (exact) mass is 272 g/mol. The highest BCUT2D eigenvalue weighted by atomic mass is 35.5. The molecule has 1 fully saturated rings. The van der Waals surface area contributed by atoms with Gasteiger partial charge in [0.05, 0.1) is 10.4 Å². The number of nitrogens with one attached hydrogen (secondary N) is 2. The Morgan fingerprint density at radius 1 is 1.47 bits per heavy atom. The van der Waals surface area contributed by atoms with Gasteiger partial charge in [-0.1, -0.05) is 24.4 Å². The summed E-state index contributed by atoms with van der Waals surface area (Å²) in [5, 5.41) is 2.80. The molecule has 1 aromatic rings. The summed E-state index contributed by atoms with van der Waals surface area (Å²) in [6, 6.07) is 0. The van der Waals surface area contributed by atoms with Gasteiger partial charge in [0.2, 0.25) is 5.91 Å². The van der Waals surface area contributed by atoms with Crippen LogP contribution in [0, 0.1) is 6.92 Å². The molecule has 0 atom stereocenters. The smallest absolute Gasteiger partial charge is 0.245 e. The first-order valence-electron chi connectivity index (χ1n) is 5.83. The molecule has 1 amide bonds. The molecule has 1 aliphatic carbocycles. The van der Waals surface area contributed by atoms with Gasteiger partial charge in [0.15, 0.2) is 0 Å². The van der Waals surface area contributed by atoms with E-state index in [4.69, 9.17) is 11.6 Å². The zero-order valence-corrected chi connectivity index (χ0v) is 11.7. The largest absolute Gasteiger partial charge is 0.291 e. The molecule has 0 aromatic carbocycles. The van der Waals surface area contributed by atoms with Gasteiger partial charge >= 0.3 is 0 Å². The molecule has 2 N–H and O–H groups in total. The number of rotatable bonds is 3. The van der Waals surface area contributed by atoms with Gasteiger partial charge in [-0.25, -0.2) is 5.43 Å². The highest BCUT2D eigenvalue weighted by molar-refractivity contribution is 7.11. The Morgan fingerprint density at radius 2 is 2.12 bits per heavy atom. The molecule has 2 rings (SSSR count). The van der Waals surface area contributed by atoms with Crippen molar-refractivity contribution in [2.45, 2.75) is 38.0 Å². The van der Waals surface area contributed by atoms with Crippen LogP contribution in [0.1, 0.15) is 36.1 Å². The van der Waals surface area contributed by atoms with Crippen molar-refractivity contribution < 1.29 is 4.79 Å². The maximum absolute atomic E-state index is 12.3. The lowest BCUT2D eigenvalue weighted by Crippen LogP contribution is -2.47. The average Bonchev–Trinajstić information content (AvgIpc) is 2.89. The van der Waals surface area contributed by atoms with Crippen molar-refractivity contribution in [2.75, 3.05) is 7.05 Å². The third-order valence-corrected chi connectivity index (χ3v) is 5.37. The minimum atomic E-state index is -0.418. The zero-order chi connectivity index (χ0) is 12.5. The van der Waals surface area contributed by atoms with Crippen molar-refractivity contribution in [3.05, 3.63) is 20.8 Å². The summed E-state index contributed by atoms with van der Waals surface area (Å²) in [5.41, 5.74) is 6.10. The van der Waals surface area contributed by atoms with E-state index in [2.05, 4.69) is 10.9 Å². The third-order valence-electron chi connectivity index (χ3n) is 3.46. The molecule has 1 aliphatic rings. The van der Waals surface area contributed by atoms with Crippen molar-refractivity contribution in [3.63, 3.8) is 0 Å². The minimum Gasteiger partial charge on any atom is -0.291 e. The molecule has 1 saturated carbocycles. The quantitative estimate of drug-likeness (QED) is 0.831. The van der Waals surface area contributed by atoms with Crippen LogP contribution < -0.4 is 10.9 Å². The van der Waals surface area contributed by atoms with E-state index < -0.39 is 5.41 Å². The van der Waals surface area contributed by atoms with Crippen LogP contribution >= 0.6 is 22.9 Å². The van der Waals surface area contributed by atoms with Crippen molar-refractivity contribution in [1.29, 1.82) is 0 Å². The van der Waals surface area contributed by atoms with E-state index in [1.165, 1.54) is 0 Å². The maximum atomic E-state index is 12.3. The van der Waals surface area contributed by atoms with Crippen LogP contribution in [0.2, 0.25) is 5.02 Å². The average molecular weight is 273 g/mol. The van der Waals surface area contributed by atoms with Crippen LogP contribution in [-0.4, -0.2) is 13.0 Å². The number of hydrazine groups is 1. The predicted octanol–water partition coefficient (Wildman–Crippen LogP) is 2.77. The number of hydrogen-bond acceptors (Lipinski definition) is 3. The Labute approximate surface area is 111 Å². The Kier molecular flexibility index (Phi) is 3.76. The summed E-state index contributed by atoms with van der Waals surface area (Å²) in [6.45, 7) is 1.99. The molecule has 17 heavy (non-hydrogen) atoms. The fourth-order valence-corrected chi connectivity index (χ4v) is 4.15. The highest BCUT2D eigenvalue weighted by Gasteiger charge is 2.45. The van der Waals surface area contributed by atoms with Crippen LogP contribution in [-0.2, 0) is 10.2 Å². The summed E-state index contributed by atoms with van der Waals surface area (Å²) >= 11 is 7.94. The Bertz CT molecular complexity index is 424. The molecule has 3 nitrogen and oxygen atoms in total. The van der Waals surface area contributed by atoms with Gasteiger partial charge < -0.3 is 0 Å². The first-order chi connectivity index (χ1) is 8.12. The number of amides is 1. The number of carbonyl (C=O) groups excluding carboxylic acids is 1. The Morgan fingerprint density at radius 3 is 2.59 bits per heavy atom. The molecule has 1 heterocycles. The molecule has 1 aromatic heterocycles. The van der Waals surface area contributed by atoms with Gasteiger partial charge in [0.25, 0.3) is 0 Å². The van der Waals surface area contributed by atoms with Crippen LogP contribution in [0.25, 0.3) is 0 Å². The molecule has 0 bridgehead atoms. The lowest BCUT2D eigenvalue weighted by atomic mass is 9.83. The fourth-order valence-electron chi connectivity index (χ4n) is 2.52. The van der Waals surface area contributed by atoms with Gasteiger partial charge in [-0.2, -0.15) is 0 Å². The number of aryl methyl sites for hydroxylation is 1. The molecule has 0 spiro atoms. The van der Waals surface area contributed by atoms with E-state index in [1.807, 2.05) is 12.3 Å². The van der Waals surface area contributed by atoms with E-state index >= 15 is 0 Å². The summed E-state index contributed by atoms with van der Waals surface area (Å²) in [7, 11) is 1.71. The number of carbonyl (C=O) groups is 1. The molecule has 0 unspecified atom stereocenters. The normalized spacial score (nSPS) is 18.3. The molecule has 0 radical (unpaired) electrons. The van der Waals surface area contributed by atoms with Crippen molar-refractivity contribution in [3.8, 4) is 0 Å². The lowest BCUT2D eigenvalue weighted by Gasteiger charge is -2.26. The molecule has 5 heteroatoms. The van der Waals surface area contributed by atoms with Crippen LogP contribution in [0.4, 0.5) is 0 Å². The number of hydrogen-bond donors (Lipinski definition) is 2. The van der Waals surface area contributed by atoms with E-state index in [0.717, 1.165) is 41.1 Å². The summed E-state index contributed by atoms with van der Waals surface area (Å²) in [4.78, 5) is 13.3. The van der Waals surface area contributed by atoms with Gasteiger partial charge in [-0.05, 0) is 30.7 Å². The minimum absolute atomic E-state index is 0.0428. The fraction of sp³-hybridized carbons (Fsp3) is 0.583. The maximum Gasteiger partial charge on any atom is 0.245 e. The van der Waals surface area contributed by atoms with Gasteiger partial charge in [-0.3, -0.25) is 10.2 Å². The highest BCUT2D eigenvalue weighted by Crippen LogP contribution is 2.47. The van der Waals surface area contributed by atoms with Crippen LogP contribution in [0.15, 0.2) is 5.38 Å². The Hall–Kier alpha value is -0.580. The van der Waals surface area contributed by atoms with Gasteiger partial charge in [0.1, 0.15) is 0 Å². The van der Waals surface area contributed by atoms with Crippen LogP contribution in [0.3, 0.4) is 0 Å². The number of thiophene rings is 1. The number of halogens is 1. The van der Waals surface area contributed by atoms with Gasteiger partial charge in [-0.15, -0.1) is 11.3 Å². The first kappa shape index (κ1) is 12.9. The molecular formula is C12H17ClN2OS.